The maximum absolute atomic E-state index is 2.41. The molecular formula is C23H21B. The summed E-state index contributed by atoms with van der Waals surface area (Å²) < 4.78 is 0. The van der Waals surface area contributed by atoms with Gasteiger partial charge in [0.25, 0.3) is 0 Å². The number of fused-ring (bicyclic) bond motifs is 4. The second kappa shape index (κ2) is 4.86. The zero-order valence-electron chi connectivity index (χ0n) is 14.6. The highest BCUT2D eigenvalue weighted by Crippen LogP contribution is 2.24. The summed E-state index contributed by atoms with van der Waals surface area (Å²) in [6.45, 7) is 7.07. The molecule has 0 aromatic heterocycles. The number of aryl methyl sites for hydroxylation is 3. The molecule has 5 rings (SSSR count). The van der Waals surface area contributed by atoms with Gasteiger partial charge in [-0.1, -0.05) is 81.6 Å². The molecule has 0 nitrogen and oxygen atoms in total. The van der Waals surface area contributed by atoms with Gasteiger partial charge in [0.05, 0.1) is 0 Å². The van der Waals surface area contributed by atoms with Crippen LogP contribution in [0.3, 0.4) is 0 Å². The van der Waals surface area contributed by atoms with Crippen LogP contribution >= 0.6 is 0 Å². The van der Waals surface area contributed by atoms with Crippen LogP contribution in [0.4, 0.5) is 0 Å². The monoisotopic (exact) mass is 308 g/mol. The minimum atomic E-state index is 0.421. The molecule has 3 aromatic carbocycles. The van der Waals surface area contributed by atoms with Gasteiger partial charge in [-0.15, -0.1) is 0 Å². The van der Waals surface area contributed by atoms with Gasteiger partial charge in [0.2, 0.25) is 6.71 Å². The molecule has 0 saturated carbocycles. The summed E-state index contributed by atoms with van der Waals surface area (Å²) in [4.78, 5) is 0. The van der Waals surface area contributed by atoms with E-state index in [0.717, 1.165) is 12.8 Å². The average molecular weight is 308 g/mol. The molecule has 0 N–H and O–H groups in total. The van der Waals surface area contributed by atoms with Gasteiger partial charge >= 0.3 is 0 Å². The standard InChI is InChI=1S/C23H21B/c1-14-4-6-21-17(8-14)12-19-10-16(3)11-20-13-18-9-15(2)5-7-22(18)24(21)23(19)20/h4-11H,12-13H2,1-3H3. The van der Waals surface area contributed by atoms with Gasteiger partial charge in [-0.25, -0.2) is 0 Å². The average Bonchev–Trinajstić information content (AvgIpc) is 2.53. The van der Waals surface area contributed by atoms with Crippen molar-refractivity contribution in [2.75, 3.05) is 0 Å². The Balaban J connectivity index is 1.85. The van der Waals surface area contributed by atoms with Crippen LogP contribution in [0.15, 0.2) is 48.5 Å². The van der Waals surface area contributed by atoms with Gasteiger partial charge in [0.15, 0.2) is 0 Å². The largest absolute Gasteiger partial charge is 0.242 e. The third kappa shape index (κ3) is 1.94. The first-order valence-corrected chi connectivity index (χ1v) is 8.91. The lowest BCUT2D eigenvalue weighted by Gasteiger charge is -2.34. The van der Waals surface area contributed by atoms with Gasteiger partial charge in [-0.2, -0.15) is 0 Å². The van der Waals surface area contributed by atoms with E-state index in [9.17, 15) is 0 Å². The van der Waals surface area contributed by atoms with E-state index in [1.54, 1.807) is 16.6 Å². The Labute approximate surface area is 144 Å². The zero-order chi connectivity index (χ0) is 16.4. The fraction of sp³-hybridized carbons (Fsp3) is 0.217. The molecule has 3 aromatic rings. The van der Waals surface area contributed by atoms with Crippen LogP contribution in [0.1, 0.15) is 38.9 Å². The molecule has 1 heteroatoms. The molecule has 0 unspecified atom stereocenters. The van der Waals surface area contributed by atoms with Crippen LogP contribution < -0.4 is 16.4 Å². The molecule has 0 bridgehead atoms. The van der Waals surface area contributed by atoms with E-state index in [1.807, 2.05) is 0 Å². The van der Waals surface area contributed by atoms with E-state index >= 15 is 0 Å². The molecule has 0 radical (unpaired) electrons. The maximum atomic E-state index is 2.41. The maximum Gasteiger partial charge on any atom is 0.242 e. The lowest BCUT2D eigenvalue weighted by atomic mass is 9.30. The topological polar surface area (TPSA) is 0 Å². The highest BCUT2D eigenvalue weighted by Gasteiger charge is 2.36. The second-order valence-electron chi connectivity index (χ2n) is 7.69. The van der Waals surface area contributed by atoms with E-state index in [2.05, 4.69) is 69.3 Å². The van der Waals surface area contributed by atoms with Gasteiger partial charge in [-0.05, 0) is 55.9 Å². The third-order valence-corrected chi connectivity index (χ3v) is 5.77. The Morgan fingerprint density at radius 1 is 0.583 bits per heavy atom. The zero-order valence-corrected chi connectivity index (χ0v) is 14.6. The third-order valence-electron chi connectivity index (χ3n) is 5.77. The second-order valence-corrected chi connectivity index (χ2v) is 7.69. The summed E-state index contributed by atoms with van der Waals surface area (Å²) in [6, 6.07) is 18.9. The Kier molecular flexibility index (Phi) is 2.86. The Bertz CT molecular complexity index is 920. The Morgan fingerprint density at radius 2 is 1.04 bits per heavy atom. The molecule has 2 aliphatic rings. The van der Waals surface area contributed by atoms with E-state index in [1.165, 1.54) is 38.7 Å². The summed E-state index contributed by atoms with van der Waals surface area (Å²) in [5.74, 6) is 0. The Hall–Kier alpha value is -2.28. The highest BCUT2D eigenvalue weighted by molar-refractivity contribution is 6.97. The number of benzene rings is 3. The lowest BCUT2D eigenvalue weighted by Crippen LogP contribution is -2.61. The first-order chi connectivity index (χ1) is 11.6. The normalized spacial score (nSPS) is 14.0. The van der Waals surface area contributed by atoms with Crippen LogP contribution in [0.5, 0.6) is 0 Å². The van der Waals surface area contributed by atoms with E-state index < -0.39 is 0 Å². The van der Waals surface area contributed by atoms with Gasteiger partial charge in [0.1, 0.15) is 0 Å². The van der Waals surface area contributed by atoms with Crippen molar-refractivity contribution in [2.24, 2.45) is 0 Å². The molecule has 2 heterocycles. The van der Waals surface area contributed by atoms with Crippen molar-refractivity contribution in [3.63, 3.8) is 0 Å². The van der Waals surface area contributed by atoms with Crippen LogP contribution in [0, 0.1) is 20.8 Å². The molecule has 0 aliphatic carbocycles. The molecule has 0 atom stereocenters. The number of rotatable bonds is 0. The van der Waals surface area contributed by atoms with Crippen LogP contribution in [0.2, 0.25) is 0 Å². The molecular weight excluding hydrogens is 287 g/mol. The Morgan fingerprint density at radius 3 is 1.54 bits per heavy atom. The van der Waals surface area contributed by atoms with Crippen LogP contribution in [-0.2, 0) is 12.8 Å². The summed E-state index contributed by atoms with van der Waals surface area (Å²) in [6.07, 6.45) is 2.16. The van der Waals surface area contributed by atoms with E-state index in [4.69, 9.17) is 0 Å². The molecule has 24 heavy (non-hydrogen) atoms. The predicted molar refractivity (Wildman–Crippen MR) is 104 cm³/mol. The van der Waals surface area contributed by atoms with Gasteiger partial charge < -0.3 is 0 Å². The van der Waals surface area contributed by atoms with Crippen molar-refractivity contribution in [1.29, 1.82) is 0 Å². The highest BCUT2D eigenvalue weighted by atomic mass is 14.2. The lowest BCUT2D eigenvalue weighted by molar-refractivity contribution is 1.13. The van der Waals surface area contributed by atoms with E-state index in [-0.39, 0.29) is 0 Å². The number of hydrogen-bond donors (Lipinski definition) is 0. The van der Waals surface area contributed by atoms with Crippen molar-refractivity contribution in [3.05, 3.63) is 87.5 Å². The molecule has 2 aliphatic heterocycles. The van der Waals surface area contributed by atoms with Crippen molar-refractivity contribution >= 4 is 23.1 Å². The number of hydrogen-bond acceptors (Lipinski definition) is 0. The first kappa shape index (κ1) is 14.1. The molecule has 0 saturated heterocycles. The van der Waals surface area contributed by atoms with Crippen molar-refractivity contribution < 1.29 is 0 Å². The fourth-order valence-electron chi connectivity index (χ4n) is 4.84. The minimum Gasteiger partial charge on any atom is -0.0664 e. The van der Waals surface area contributed by atoms with Gasteiger partial charge in [0, 0.05) is 0 Å². The minimum absolute atomic E-state index is 0.421. The summed E-state index contributed by atoms with van der Waals surface area (Å²) >= 11 is 0. The van der Waals surface area contributed by atoms with Crippen molar-refractivity contribution in [3.8, 4) is 0 Å². The van der Waals surface area contributed by atoms with Crippen molar-refractivity contribution in [1.82, 2.24) is 0 Å². The molecule has 0 spiro atoms. The summed E-state index contributed by atoms with van der Waals surface area (Å²) in [7, 11) is 0. The SMILES string of the molecule is Cc1ccc2c(c1)Cc1cc(C)cc3c1B2c1ccc(C)cc1C3. The fourth-order valence-corrected chi connectivity index (χ4v) is 4.84. The van der Waals surface area contributed by atoms with Crippen LogP contribution in [-0.4, -0.2) is 6.71 Å². The summed E-state index contributed by atoms with van der Waals surface area (Å²) in [5, 5.41) is 0. The summed E-state index contributed by atoms with van der Waals surface area (Å²) in [5.41, 5.74) is 14.9. The van der Waals surface area contributed by atoms with Crippen LogP contribution in [0.25, 0.3) is 0 Å². The molecule has 116 valence electrons. The van der Waals surface area contributed by atoms with Gasteiger partial charge in [-0.3, -0.25) is 0 Å². The smallest absolute Gasteiger partial charge is 0.0664 e. The first-order valence-electron chi connectivity index (χ1n) is 8.91. The molecule has 0 fully saturated rings. The molecule has 0 amide bonds. The van der Waals surface area contributed by atoms with Crippen molar-refractivity contribution in [2.45, 2.75) is 33.6 Å². The quantitative estimate of drug-likeness (QED) is 0.386. The predicted octanol–water partition coefficient (Wildman–Crippen LogP) is 2.94. The van der Waals surface area contributed by atoms with E-state index in [0.29, 0.717) is 6.71 Å².